The van der Waals surface area contributed by atoms with Crippen LogP contribution >= 0.6 is 0 Å². The third-order valence-electron chi connectivity index (χ3n) is 5.77. The van der Waals surface area contributed by atoms with E-state index in [4.69, 9.17) is 15.7 Å². The average Bonchev–Trinajstić information content (AvgIpc) is 3.43. The van der Waals surface area contributed by atoms with Crippen LogP contribution in [0.3, 0.4) is 0 Å². The molecule has 5 rings (SSSR count). The number of nitrogens with one attached hydrogen (secondary N) is 1. The third kappa shape index (κ3) is 3.73. The zero-order valence-corrected chi connectivity index (χ0v) is 18.0. The lowest BCUT2D eigenvalue weighted by Gasteiger charge is -2.17. The van der Waals surface area contributed by atoms with E-state index in [1.807, 2.05) is 20.0 Å². The van der Waals surface area contributed by atoms with Crippen LogP contribution in [0.2, 0.25) is 0 Å². The SMILES string of the molecule is CCc1nc2c(N)ncc(-c3cnn(-c4ccnc(C)n4)c3)c2nc1N[C@@H]1CC[C@H](O)C1. The minimum absolute atomic E-state index is 0.174. The number of aliphatic hydroxyl groups excluding tert-OH is 1. The van der Waals surface area contributed by atoms with Gasteiger partial charge in [-0.1, -0.05) is 6.92 Å². The molecule has 0 radical (unpaired) electrons. The second kappa shape index (κ2) is 8.12. The summed E-state index contributed by atoms with van der Waals surface area (Å²) in [6, 6.07) is 1.97. The lowest BCUT2D eigenvalue weighted by Crippen LogP contribution is -2.19. The number of aliphatic hydroxyl groups is 1. The van der Waals surface area contributed by atoms with Gasteiger partial charge in [0.15, 0.2) is 11.6 Å². The van der Waals surface area contributed by atoms with Crippen molar-refractivity contribution in [2.24, 2.45) is 0 Å². The highest BCUT2D eigenvalue weighted by molar-refractivity contribution is 5.96. The Bertz CT molecular complexity index is 1290. The van der Waals surface area contributed by atoms with Gasteiger partial charge in [0, 0.05) is 41.8 Å². The Labute approximate surface area is 185 Å². The smallest absolute Gasteiger partial charge is 0.156 e. The van der Waals surface area contributed by atoms with Crippen LogP contribution in [0.1, 0.15) is 37.7 Å². The number of nitrogens with zero attached hydrogens (tertiary/aromatic N) is 7. The Kier molecular flexibility index (Phi) is 5.14. The van der Waals surface area contributed by atoms with Crippen LogP contribution in [0.5, 0.6) is 0 Å². The van der Waals surface area contributed by atoms with E-state index in [9.17, 15) is 5.11 Å². The van der Waals surface area contributed by atoms with Crippen molar-refractivity contribution >= 4 is 22.7 Å². The third-order valence-corrected chi connectivity index (χ3v) is 5.77. The fraction of sp³-hybridized carbons (Fsp3) is 0.364. The molecular formula is C22H25N9O. The Morgan fingerprint density at radius 3 is 2.78 bits per heavy atom. The van der Waals surface area contributed by atoms with Gasteiger partial charge in [-0.15, -0.1) is 0 Å². The first-order valence-electron chi connectivity index (χ1n) is 10.8. The van der Waals surface area contributed by atoms with Crippen molar-refractivity contribution in [3.05, 3.63) is 42.4 Å². The first-order valence-corrected chi connectivity index (χ1v) is 10.8. The molecule has 1 fully saturated rings. The summed E-state index contributed by atoms with van der Waals surface area (Å²) >= 11 is 0. The van der Waals surface area contributed by atoms with Crippen LogP contribution in [-0.2, 0) is 6.42 Å². The Morgan fingerprint density at radius 2 is 2.03 bits per heavy atom. The minimum atomic E-state index is -0.266. The normalized spacial score (nSPS) is 18.3. The maximum atomic E-state index is 9.90. The van der Waals surface area contributed by atoms with E-state index in [0.717, 1.165) is 35.5 Å². The molecule has 10 nitrogen and oxygen atoms in total. The molecule has 4 aromatic heterocycles. The molecule has 0 amide bonds. The van der Waals surface area contributed by atoms with Crippen LogP contribution in [0.4, 0.5) is 11.6 Å². The largest absolute Gasteiger partial charge is 0.393 e. The van der Waals surface area contributed by atoms with Gasteiger partial charge in [0.2, 0.25) is 0 Å². The summed E-state index contributed by atoms with van der Waals surface area (Å²) in [5.41, 5.74) is 9.85. The average molecular weight is 432 g/mol. The number of nitrogens with two attached hydrogens (primary N) is 1. The predicted molar refractivity (Wildman–Crippen MR) is 121 cm³/mol. The van der Waals surface area contributed by atoms with Crippen molar-refractivity contribution in [2.45, 2.75) is 51.7 Å². The number of rotatable bonds is 5. The molecular weight excluding hydrogens is 406 g/mol. The van der Waals surface area contributed by atoms with Gasteiger partial charge in [0.05, 0.1) is 18.0 Å². The molecule has 4 N–H and O–H groups in total. The van der Waals surface area contributed by atoms with E-state index in [-0.39, 0.29) is 12.1 Å². The number of aromatic nitrogens is 7. The second-order valence-electron chi connectivity index (χ2n) is 8.07. The van der Waals surface area contributed by atoms with Gasteiger partial charge in [-0.05, 0) is 32.6 Å². The molecule has 0 unspecified atom stereocenters. The molecule has 1 saturated carbocycles. The highest BCUT2D eigenvalue weighted by Crippen LogP contribution is 2.31. The van der Waals surface area contributed by atoms with Crippen molar-refractivity contribution < 1.29 is 5.11 Å². The van der Waals surface area contributed by atoms with Crippen LogP contribution in [0.15, 0.2) is 30.9 Å². The number of hydrogen-bond donors (Lipinski definition) is 3. The van der Waals surface area contributed by atoms with E-state index in [1.165, 1.54) is 0 Å². The molecule has 0 aromatic carbocycles. The summed E-state index contributed by atoms with van der Waals surface area (Å²) in [5, 5.41) is 17.8. The molecule has 4 heterocycles. The lowest BCUT2D eigenvalue weighted by atomic mass is 10.1. The Morgan fingerprint density at radius 1 is 1.16 bits per heavy atom. The van der Waals surface area contributed by atoms with E-state index in [1.54, 1.807) is 29.3 Å². The zero-order valence-electron chi connectivity index (χ0n) is 18.0. The van der Waals surface area contributed by atoms with Crippen LogP contribution in [0.25, 0.3) is 28.0 Å². The van der Waals surface area contributed by atoms with Gasteiger partial charge >= 0.3 is 0 Å². The lowest BCUT2D eigenvalue weighted by molar-refractivity contribution is 0.182. The molecule has 1 aliphatic carbocycles. The first-order chi connectivity index (χ1) is 15.5. The molecule has 0 aliphatic heterocycles. The summed E-state index contributed by atoms with van der Waals surface area (Å²) in [5.74, 6) is 2.42. The van der Waals surface area contributed by atoms with E-state index < -0.39 is 0 Å². The molecule has 0 spiro atoms. The quantitative estimate of drug-likeness (QED) is 0.434. The highest BCUT2D eigenvalue weighted by Gasteiger charge is 2.24. The second-order valence-corrected chi connectivity index (χ2v) is 8.07. The molecule has 164 valence electrons. The van der Waals surface area contributed by atoms with E-state index in [0.29, 0.717) is 41.3 Å². The standard InChI is InChI=1S/C22H25N9O/c1-3-17-22(28-14-4-5-15(32)8-14)30-19-16(10-25-21(23)20(19)29-17)13-9-26-31(11-13)18-6-7-24-12(2)27-18/h6-7,9-11,14-15,32H,3-5,8H2,1-2H3,(H2,23,25)(H,28,30)/t14-,15+/m1/s1. The van der Waals surface area contributed by atoms with Crippen LogP contribution < -0.4 is 11.1 Å². The Hall–Kier alpha value is -3.66. The van der Waals surface area contributed by atoms with Gasteiger partial charge < -0.3 is 16.2 Å². The molecule has 1 aliphatic rings. The van der Waals surface area contributed by atoms with Gasteiger partial charge in [0.1, 0.15) is 22.7 Å². The van der Waals surface area contributed by atoms with Crippen LogP contribution in [-0.4, -0.2) is 52.0 Å². The molecule has 0 saturated heterocycles. The summed E-state index contributed by atoms with van der Waals surface area (Å²) in [6.07, 6.45) is 9.88. The molecule has 4 aromatic rings. The number of nitrogen functional groups attached to an aromatic ring is 1. The summed E-state index contributed by atoms with van der Waals surface area (Å²) in [7, 11) is 0. The summed E-state index contributed by atoms with van der Waals surface area (Å²) in [6.45, 7) is 3.87. The van der Waals surface area contributed by atoms with Crippen molar-refractivity contribution in [3.8, 4) is 16.9 Å². The maximum absolute atomic E-state index is 9.90. The molecule has 0 bridgehead atoms. The maximum Gasteiger partial charge on any atom is 0.156 e. The zero-order chi connectivity index (χ0) is 22.2. The molecule has 2 atom stereocenters. The topological polar surface area (TPSA) is 141 Å². The van der Waals surface area contributed by atoms with E-state index in [2.05, 4.69) is 25.4 Å². The van der Waals surface area contributed by atoms with Crippen molar-refractivity contribution in [1.29, 1.82) is 0 Å². The van der Waals surface area contributed by atoms with Crippen molar-refractivity contribution in [3.63, 3.8) is 0 Å². The number of fused-ring (bicyclic) bond motifs is 1. The highest BCUT2D eigenvalue weighted by atomic mass is 16.3. The van der Waals surface area contributed by atoms with Gasteiger partial charge in [-0.25, -0.2) is 29.6 Å². The number of aryl methyl sites for hydroxylation is 2. The molecule has 32 heavy (non-hydrogen) atoms. The fourth-order valence-corrected chi connectivity index (χ4v) is 4.11. The van der Waals surface area contributed by atoms with Crippen molar-refractivity contribution in [1.82, 2.24) is 34.7 Å². The number of hydrogen-bond acceptors (Lipinski definition) is 9. The van der Waals surface area contributed by atoms with Crippen molar-refractivity contribution in [2.75, 3.05) is 11.1 Å². The monoisotopic (exact) mass is 431 g/mol. The number of anilines is 2. The number of pyridine rings is 1. The van der Waals surface area contributed by atoms with Crippen LogP contribution in [0, 0.1) is 6.92 Å². The predicted octanol–water partition coefficient (Wildman–Crippen LogP) is 2.45. The van der Waals surface area contributed by atoms with Gasteiger partial charge in [-0.3, -0.25) is 0 Å². The van der Waals surface area contributed by atoms with Gasteiger partial charge in [-0.2, -0.15) is 5.10 Å². The Balaban J connectivity index is 1.59. The fourth-order valence-electron chi connectivity index (χ4n) is 4.11. The van der Waals surface area contributed by atoms with Gasteiger partial charge in [0.25, 0.3) is 0 Å². The minimum Gasteiger partial charge on any atom is -0.393 e. The summed E-state index contributed by atoms with van der Waals surface area (Å²) in [4.78, 5) is 22.6. The molecule has 10 heteroatoms. The van der Waals surface area contributed by atoms with E-state index >= 15 is 0 Å². The first kappa shape index (κ1) is 20.3. The summed E-state index contributed by atoms with van der Waals surface area (Å²) < 4.78 is 1.69.